The Labute approximate surface area is 121 Å². The molecule has 1 aromatic rings. The van der Waals surface area contributed by atoms with Crippen LogP contribution in [-0.2, 0) is 6.54 Å². The number of aliphatic hydroxyl groups is 1. The fourth-order valence-electron chi connectivity index (χ4n) is 2.46. The van der Waals surface area contributed by atoms with Crippen LogP contribution in [0.25, 0.3) is 0 Å². The molecule has 4 nitrogen and oxygen atoms in total. The molecule has 1 atom stereocenters. The molecule has 4 heteroatoms. The van der Waals surface area contributed by atoms with Crippen LogP contribution in [0.4, 0.5) is 0 Å². The summed E-state index contributed by atoms with van der Waals surface area (Å²) in [5, 5.41) is 9.57. The summed E-state index contributed by atoms with van der Waals surface area (Å²) in [7, 11) is 0. The van der Waals surface area contributed by atoms with Crippen LogP contribution in [0.2, 0.25) is 0 Å². The lowest BCUT2D eigenvalue weighted by Crippen LogP contribution is -2.21. The average molecular weight is 279 g/mol. The number of hydrogen-bond donors (Lipinski definition) is 1. The van der Waals surface area contributed by atoms with Gasteiger partial charge in [0.15, 0.2) is 11.5 Å². The topological polar surface area (TPSA) is 41.9 Å². The van der Waals surface area contributed by atoms with E-state index in [0.29, 0.717) is 13.2 Å². The molecule has 1 N–H and O–H groups in total. The molecule has 0 bridgehead atoms. The normalized spacial score (nSPS) is 19.2. The highest BCUT2D eigenvalue weighted by molar-refractivity contribution is 5.43. The highest BCUT2D eigenvalue weighted by Crippen LogP contribution is 2.29. The van der Waals surface area contributed by atoms with Crippen LogP contribution < -0.4 is 9.47 Å². The average Bonchev–Trinajstić information content (AvgIpc) is 2.84. The lowest BCUT2D eigenvalue weighted by atomic mass is 10.2. The quantitative estimate of drug-likeness (QED) is 0.832. The molecule has 112 valence electrons. The van der Waals surface area contributed by atoms with Crippen molar-refractivity contribution in [1.82, 2.24) is 4.90 Å². The number of ether oxygens (including phenoxy) is 2. The number of aliphatic hydroxyl groups excluding tert-OH is 1. The van der Waals surface area contributed by atoms with E-state index in [1.165, 1.54) is 5.56 Å². The van der Waals surface area contributed by atoms with Crippen LogP contribution in [0.1, 0.15) is 32.3 Å². The van der Waals surface area contributed by atoms with Gasteiger partial charge >= 0.3 is 0 Å². The Balaban J connectivity index is 2.04. The van der Waals surface area contributed by atoms with Crippen molar-refractivity contribution in [3.63, 3.8) is 0 Å². The first-order chi connectivity index (χ1) is 9.72. The predicted octanol–water partition coefficient (Wildman–Crippen LogP) is 2.44. The van der Waals surface area contributed by atoms with E-state index in [4.69, 9.17) is 9.47 Å². The zero-order chi connectivity index (χ0) is 14.4. The minimum Gasteiger partial charge on any atom is -0.490 e. The molecule has 1 aromatic carbocycles. The van der Waals surface area contributed by atoms with Crippen LogP contribution in [0.5, 0.6) is 11.5 Å². The van der Waals surface area contributed by atoms with Gasteiger partial charge in [-0.2, -0.15) is 0 Å². The lowest BCUT2D eigenvalue weighted by molar-refractivity contribution is 0.174. The molecular formula is C16H25NO3. The minimum absolute atomic E-state index is 0.173. The monoisotopic (exact) mass is 279 g/mol. The van der Waals surface area contributed by atoms with Gasteiger partial charge in [-0.05, 0) is 37.5 Å². The van der Waals surface area contributed by atoms with E-state index < -0.39 is 0 Å². The molecule has 2 rings (SSSR count). The number of β-amino-alcohol motifs (C(OH)–C–C–N with tert-alkyl or cyclic N) is 1. The van der Waals surface area contributed by atoms with Crippen molar-refractivity contribution in [3.05, 3.63) is 23.8 Å². The van der Waals surface area contributed by atoms with Crippen molar-refractivity contribution in [2.24, 2.45) is 0 Å². The van der Waals surface area contributed by atoms with Crippen molar-refractivity contribution >= 4 is 0 Å². The molecule has 0 amide bonds. The van der Waals surface area contributed by atoms with E-state index in [0.717, 1.165) is 44.0 Å². The van der Waals surface area contributed by atoms with E-state index >= 15 is 0 Å². The molecule has 1 aliphatic rings. The number of rotatable bonds is 7. The zero-order valence-electron chi connectivity index (χ0n) is 12.5. The lowest BCUT2D eigenvalue weighted by Gasteiger charge is -2.17. The molecule has 1 heterocycles. The van der Waals surface area contributed by atoms with Crippen LogP contribution >= 0.6 is 0 Å². The van der Waals surface area contributed by atoms with Crippen LogP contribution in [0.3, 0.4) is 0 Å². The summed E-state index contributed by atoms with van der Waals surface area (Å²) in [4.78, 5) is 2.27. The Morgan fingerprint density at radius 2 is 2.10 bits per heavy atom. The summed E-state index contributed by atoms with van der Waals surface area (Å²) in [5.41, 5.74) is 1.20. The predicted molar refractivity (Wildman–Crippen MR) is 79.3 cm³/mol. The van der Waals surface area contributed by atoms with Crippen molar-refractivity contribution in [3.8, 4) is 11.5 Å². The smallest absolute Gasteiger partial charge is 0.161 e. The van der Waals surface area contributed by atoms with Gasteiger partial charge in [-0.15, -0.1) is 0 Å². The van der Waals surface area contributed by atoms with E-state index in [1.54, 1.807) is 0 Å². The highest BCUT2D eigenvalue weighted by atomic mass is 16.5. The summed E-state index contributed by atoms with van der Waals surface area (Å²) in [5.74, 6) is 1.64. The Bertz CT molecular complexity index is 422. The fraction of sp³-hybridized carbons (Fsp3) is 0.625. The van der Waals surface area contributed by atoms with Crippen LogP contribution in [0, 0.1) is 0 Å². The van der Waals surface area contributed by atoms with Gasteiger partial charge in [-0.3, -0.25) is 4.90 Å². The summed E-state index contributed by atoms with van der Waals surface area (Å²) >= 11 is 0. The van der Waals surface area contributed by atoms with Crippen LogP contribution in [0.15, 0.2) is 18.2 Å². The number of hydrogen-bond acceptors (Lipinski definition) is 4. The SMILES string of the molecule is CCCOc1ccc(CN2CC[C@@H](O)C2)cc1OCC. The summed E-state index contributed by atoms with van der Waals surface area (Å²) in [6.45, 7) is 7.98. The first-order valence-electron chi connectivity index (χ1n) is 7.51. The second kappa shape index (κ2) is 7.50. The minimum atomic E-state index is -0.173. The van der Waals surface area contributed by atoms with E-state index in [2.05, 4.69) is 24.0 Å². The third kappa shape index (κ3) is 4.12. The molecule has 1 aliphatic heterocycles. The van der Waals surface area contributed by atoms with Gasteiger partial charge in [0.2, 0.25) is 0 Å². The van der Waals surface area contributed by atoms with E-state index in [1.807, 2.05) is 13.0 Å². The maximum Gasteiger partial charge on any atom is 0.161 e. The van der Waals surface area contributed by atoms with E-state index in [-0.39, 0.29) is 6.10 Å². The van der Waals surface area contributed by atoms with Gasteiger partial charge in [0, 0.05) is 19.6 Å². The Morgan fingerprint density at radius 1 is 1.25 bits per heavy atom. The van der Waals surface area contributed by atoms with Gasteiger partial charge in [0.1, 0.15) is 0 Å². The van der Waals surface area contributed by atoms with Gasteiger partial charge in [0.05, 0.1) is 19.3 Å². The zero-order valence-corrected chi connectivity index (χ0v) is 12.5. The largest absolute Gasteiger partial charge is 0.490 e. The standard InChI is InChI=1S/C16H25NO3/c1-3-9-20-15-6-5-13(10-16(15)19-4-2)11-17-8-7-14(18)12-17/h5-6,10,14,18H,3-4,7-9,11-12H2,1-2H3/t14-/m1/s1. The highest BCUT2D eigenvalue weighted by Gasteiger charge is 2.20. The molecule has 1 fully saturated rings. The van der Waals surface area contributed by atoms with Gasteiger partial charge < -0.3 is 14.6 Å². The molecule has 1 saturated heterocycles. The van der Waals surface area contributed by atoms with E-state index in [9.17, 15) is 5.11 Å². The molecule has 0 spiro atoms. The Kier molecular flexibility index (Phi) is 5.68. The second-order valence-electron chi connectivity index (χ2n) is 5.24. The van der Waals surface area contributed by atoms with Gasteiger partial charge in [-0.1, -0.05) is 13.0 Å². The van der Waals surface area contributed by atoms with Gasteiger partial charge in [-0.25, -0.2) is 0 Å². The van der Waals surface area contributed by atoms with Crippen molar-refractivity contribution in [2.75, 3.05) is 26.3 Å². The Morgan fingerprint density at radius 3 is 2.75 bits per heavy atom. The molecule has 0 unspecified atom stereocenters. The summed E-state index contributed by atoms with van der Waals surface area (Å²) < 4.78 is 11.4. The summed E-state index contributed by atoms with van der Waals surface area (Å²) in [6.07, 6.45) is 1.68. The van der Waals surface area contributed by atoms with Gasteiger partial charge in [0.25, 0.3) is 0 Å². The third-order valence-corrected chi connectivity index (χ3v) is 3.42. The Hall–Kier alpha value is -1.26. The third-order valence-electron chi connectivity index (χ3n) is 3.42. The first kappa shape index (κ1) is 15.1. The number of benzene rings is 1. The van der Waals surface area contributed by atoms with Crippen molar-refractivity contribution in [2.45, 2.75) is 39.3 Å². The maximum atomic E-state index is 9.57. The second-order valence-corrected chi connectivity index (χ2v) is 5.24. The number of likely N-dealkylation sites (tertiary alicyclic amines) is 1. The molecule has 0 radical (unpaired) electrons. The fourth-order valence-corrected chi connectivity index (χ4v) is 2.46. The van der Waals surface area contributed by atoms with Crippen molar-refractivity contribution in [1.29, 1.82) is 0 Å². The molecular weight excluding hydrogens is 254 g/mol. The molecule has 0 aromatic heterocycles. The molecule has 0 aliphatic carbocycles. The maximum absolute atomic E-state index is 9.57. The number of nitrogens with zero attached hydrogens (tertiary/aromatic N) is 1. The first-order valence-corrected chi connectivity index (χ1v) is 7.51. The summed E-state index contributed by atoms with van der Waals surface area (Å²) in [6, 6.07) is 6.12. The van der Waals surface area contributed by atoms with Crippen LogP contribution in [-0.4, -0.2) is 42.4 Å². The molecule has 0 saturated carbocycles. The molecule has 20 heavy (non-hydrogen) atoms. The van der Waals surface area contributed by atoms with Crippen molar-refractivity contribution < 1.29 is 14.6 Å².